The first-order valence-corrected chi connectivity index (χ1v) is 4.31. The average molecular weight is 207 g/mol. The Morgan fingerprint density at radius 2 is 2.50 bits per heavy atom. The van der Waals surface area contributed by atoms with Gasteiger partial charge in [-0.05, 0) is 11.6 Å². The van der Waals surface area contributed by atoms with Gasteiger partial charge in [-0.25, -0.2) is 0 Å². The van der Waals surface area contributed by atoms with Crippen molar-refractivity contribution in [3.05, 3.63) is 39.5 Å². The van der Waals surface area contributed by atoms with Crippen LogP contribution in [0, 0.1) is 11.8 Å². The van der Waals surface area contributed by atoms with Crippen LogP contribution in [-0.4, -0.2) is 11.5 Å². The SMILES string of the molecule is [N-]=[N+]=NCCC#Cc1cnccc1Cl. The topological polar surface area (TPSA) is 61.7 Å². The molecular formula is C9H7ClN4. The molecule has 0 amide bonds. The van der Waals surface area contributed by atoms with E-state index in [0.717, 1.165) is 0 Å². The molecule has 0 aliphatic carbocycles. The van der Waals surface area contributed by atoms with E-state index >= 15 is 0 Å². The third-order valence-corrected chi connectivity index (χ3v) is 1.72. The van der Waals surface area contributed by atoms with E-state index in [1.807, 2.05) is 0 Å². The summed E-state index contributed by atoms with van der Waals surface area (Å²) in [6.07, 6.45) is 3.73. The first-order valence-electron chi connectivity index (χ1n) is 3.94. The first-order chi connectivity index (χ1) is 6.84. The van der Waals surface area contributed by atoms with Crippen LogP contribution in [0.5, 0.6) is 0 Å². The number of pyridine rings is 1. The van der Waals surface area contributed by atoms with Crippen molar-refractivity contribution in [2.75, 3.05) is 6.54 Å². The highest BCUT2D eigenvalue weighted by Gasteiger charge is 1.92. The quantitative estimate of drug-likeness (QED) is 0.241. The lowest BCUT2D eigenvalue weighted by Gasteiger charge is -1.91. The van der Waals surface area contributed by atoms with Crippen molar-refractivity contribution in [2.45, 2.75) is 6.42 Å². The molecule has 5 heteroatoms. The lowest BCUT2D eigenvalue weighted by Crippen LogP contribution is -1.79. The van der Waals surface area contributed by atoms with Crippen molar-refractivity contribution in [3.8, 4) is 11.8 Å². The third kappa shape index (κ3) is 3.36. The Labute approximate surface area is 86.5 Å². The summed E-state index contributed by atoms with van der Waals surface area (Å²) < 4.78 is 0. The van der Waals surface area contributed by atoms with Crippen LogP contribution in [0.25, 0.3) is 10.4 Å². The molecule has 0 aliphatic rings. The zero-order valence-electron chi connectivity index (χ0n) is 7.31. The predicted octanol–water partition coefficient (Wildman–Crippen LogP) is 2.79. The van der Waals surface area contributed by atoms with Gasteiger partial charge in [0.2, 0.25) is 0 Å². The maximum Gasteiger partial charge on any atom is 0.0615 e. The van der Waals surface area contributed by atoms with Crippen molar-refractivity contribution in [2.24, 2.45) is 5.11 Å². The molecule has 70 valence electrons. The molecule has 1 aromatic rings. The van der Waals surface area contributed by atoms with Gasteiger partial charge in [0.25, 0.3) is 0 Å². The van der Waals surface area contributed by atoms with Crippen molar-refractivity contribution in [1.82, 2.24) is 4.98 Å². The molecule has 0 radical (unpaired) electrons. The van der Waals surface area contributed by atoms with Gasteiger partial charge in [-0.2, -0.15) is 0 Å². The van der Waals surface area contributed by atoms with E-state index in [-0.39, 0.29) is 0 Å². The number of halogens is 1. The number of nitrogens with zero attached hydrogens (tertiary/aromatic N) is 4. The lowest BCUT2D eigenvalue weighted by atomic mass is 10.3. The van der Waals surface area contributed by atoms with Crippen LogP contribution in [0.15, 0.2) is 23.6 Å². The molecule has 0 unspecified atom stereocenters. The highest BCUT2D eigenvalue weighted by molar-refractivity contribution is 6.31. The number of hydrogen-bond acceptors (Lipinski definition) is 2. The molecule has 4 nitrogen and oxygen atoms in total. The fourth-order valence-electron chi connectivity index (χ4n) is 0.778. The zero-order chi connectivity index (χ0) is 10.2. The van der Waals surface area contributed by atoms with Gasteiger partial charge in [-0.3, -0.25) is 4.98 Å². The Kier molecular flexibility index (Phi) is 4.36. The summed E-state index contributed by atoms with van der Waals surface area (Å²) in [5, 5.41) is 3.93. The predicted molar refractivity (Wildman–Crippen MR) is 54.8 cm³/mol. The summed E-state index contributed by atoms with van der Waals surface area (Å²) >= 11 is 5.84. The molecule has 14 heavy (non-hydrogen) atoms. The highest BCUT2D eigenvalue weighted by atomic mass is 35.5. The number of aromatic nitrogens is 1. The van der Waals surface area contributed by atoms with E-state index in [4.69, 9.17) is 17.1 Å². The van der Waals surface area contributed by atoms with Crippen LogP contribution >= 0.6 is 11.6 Å². The van der Waals surface area contributed by atoms with Crippen LogP contribution in [0.4, 0.5) is 0 Å². The average Bonchev–Trinajstić information content (AvgIpc) is 2.20. The van der Waals surface area contributed by atoms with Crippen LogP contribution in [-0.2, 0) is 0 Å². The Bertz CT molecular complexity index is 412. The largest absolute Gasteiger partial charge is 0.263 e. The van der Waals surface area contributed by atoms with E-state index < -0.39 is 0 Å². The molecule has 0 fully saturated rings. The van der Waals surface area contributed by atoms with Gasteiger partial charge in [0.15, 0.2) is 0 Å². The van der Waals surface area contributed by atoms with E-state index in [9.17, 15) is 0 Å². The van der Waals surface area contributed by atoms with Crippen LogP contribution in [0.2, 0.25) is 5.02 Å². The minimum absolute atomic E-state index is 0.376. The summed E-state index contributed by atoms with van der Waals surface area (Å²) in [5.74, 6) is 5.68. The first kappa shape index (κ1) is 10.4. The van der Waals surface area contributed by atoms with Gasteiger partial charge in [0.05, 0.1) is 10.6 Å². The molecule has 0 saturated carbocycles. The molecule has 0 bridgehead atoms. The zero-order valence-corrected chi connectivity index (χ0v) is 8.07. The molecule has 0 aromatic carbocycles. The van der Waals surface area contributed by atoms with Crippen LogP contribution in [0.3, 0.4) is 0 Å². The fraction of sp³-hybridized carbons (Fsp3) is 0.222. The summed E-state index contributed by atoms with van der Waals surface area (Å²) in [5.41, 5.74) is 8.70. The summed E-state index contributed by atoms with van der Waals surface area (Å²) in [6, 6.07) is 1.68. The van der Waals surface area contributed by atoms with Crippen LogP contribution in [0.1, 0.15) is 12.0 Å². The van der Waals surface area contributed by atoms with Crippen molar-refractivity contribution >= 4 is 11.6 Å². The summed E-state index contributed by atoms with van der Waals surface area (Å²) in [6.45, 7) is 0.376. The van der Waals surface area contributed by atoms with E-state index in [2.05, 4.69) is 26.9 Å². The molecular weight excluding hydrogens is 200 g/mol. The maximum atomic E-state index is 8.01. The highest BCUT2D eigenvalue weighted by Crippen LogP contribution is 2.11. The second kappa shape index (κ2) is 5.87. The number of azide groups is 1. The molecule has 0 atom stereocenters. The fourth-order valence-corrected chi connectivity index (χ4v) is 0.930. The molecule has 0 saturated heterocycles. The van der Waals surface area contributed by atoms with Crippen molar-refractivity contribution < 1.29 is 0 Å². The van der Waals surface area contributed by atoms with Gasteiger partial charge in [0.1, 0.15) is 0 Å². The van der Waals surface area contributed by atoms with Crippen molar-refractivity contribution in [1.29, 1.82) is 0 Å². The van der Waals surface area contributed by atoms with Crippen molar-refractivity contribution in [3.63, 3.8) is 0 Å². The molecule has 0 N–H and O–H groups in total. The normalized spacial score (nSPS) is 8.36. The molecule has 0 spiro atoms. The minimum atomic E-state index is 0.376. The summed E-state index contributed by atoms with van der Waals surface area (Å²) in [7, 11) is 0. The second-order valence-electron chi connectivity index (χ2n) is 2.36. The van der Waals surface area contributed by atoms with Crippen LogP contribution < -0.4 is 0 Å². The Morgan fingerprint density at radius 1 is 1.64 bits per heavy atom. The van der Waals surface area contributed by atoms with E-state index in [0.29, 0.717) is 23.6 Å². The second-order valence-corrected chi connectivity index (χ2v) is 2.77. The third-order valence-electron chi connectivity index (χ3n) is 1.39. The van der Waals surface area contributed by atoms with Gasteiger partial charge in [-0.1, -0.05) is 28.6 Å². The van der Waals surface area contributed by atoms with Gasteiger partial charge in [-0.15, -0.1) is 0 Å². The van der Waals surface area contributed by atoms with Gasteiger partial charge in [0, 0.05) is 30.3 Å². The molecule has 1 rings (SSSR count). The monoisotopic (exact) mass is 206 g/mol. The van der Waals surface area contributed by atoms with E-state index in [1.54, 1.807) is 18.5 Å². The number of rotatable bonds is 2. The molecule has 0 aliphatic heterocycles. The van der Waals surface area contributed by atoms with Gasteiger partial charge < -0.3 is 0 Å². The maximum absolute atomic E-state index is 8.01. The number of hydrogen-bond donors (Lipinski definition) is 0. The molecule has 1 aromatic heterocycles. The lowest BCUT2D eigenvalue weighted by molar-refractivity contribution is 1.01. The standard InChI is InChI=1S/C9H7ClN4/c10-9-4-6-12-7-8(9)3-1-2-5-13-14-11/h4,6-7H,2,5H2. The Morgan fingerprint density at radius 3 is 3.21 bits per heavy atom. The smallest absolute Gasteiger partial charge is 0.0615 e. The Balaban J connectivity index is 2.59. The molecule has 1 heterocycles. The summed E-state index contributed by atoms with van der Waals surface area (Å²) in [4.78, 5) is 6.51. The minimum Gasteiger partial charge on any atom is -0.263 e. The Hall–Kier alpha value is -1.69. The van der Waals surface area contributed by atoms with Gasteiger partial charge >= 0.3 is 0 Å². The van der Waals surface area contributed by atoms with E-state index in [1.165, 1.54) is 0 Å².